The van der Waals surface area contributed by atoms with Crippen LogP contribution < -0.4 is 16.0 Å². The number of halogens is 1. The first kappa shape index (κ1) is 19.6. The van der Waals surface area contributed by atoms with Gasteiger partial charge in [0.1, 0.15) is 12.1 Å². The maximum Gasteiger partial charge on any atom is 0.325 e. The van der Waals surface area contributed by atoms with E-state index in [1.165, 1.54) is 0 Å². The number of urea groups is 1. The van der Waals surface area contributed by atoms with Gasteiger partial charge in [0.2, 0.25) is 5.91 Å². The third-order valence-electron chi connectivity index (χ3n) is 5.90. The fourth-order valence-corrected chi connectivity index (χ4v) is 4.31. The van der Waals surface area contributed by atoms with Crippen LogP contribution in [0.2, 0.25) is 0 Å². The van der Waals surface area contributed by atoms with Crippen molar-refractivity contribution in [1.82, 2.24) is 20.9 Å². The zero-order valence-electron chi connectivity index (χ0n) is 15.3. The second kappa shape index (κ2) is 7.48. The Hall–Kier alpha value is -2.12. The van der Waals surface area contributed by atoms with Gasteiger partial charge in [0.15, 0.2) is 0 Å². The molecule has 3 unspecified atom stereocenters. The lowest BCUT2D eigenvalue weighted by Crippen LogP contribution is -2.53. The molecular weight excluding hydrogens is 368 g/mol. The highest BCUT2D eigenvalue weighted by molar-refractivity contribution is 6.09. The number of fused-ring (bicyclic) bond motifs is 2. The molecule has 0 bridgehead atoms. The van der Waals surface area contributed by atoms with Crippen LogP contribution in [-0.4, -0.2) is 48.4 Å². The number of carbonyl (C=O) groups excluding carboxylic acids is 3. The van der Waals surface area contributed by atoms with Crippen LogP contribution in [0.25, 0.3) is 0 Å². The van der Waals surface area contributed by atoms with Crippen molar-refractivity contribution in [3.63, 3.8) is 0 Å². The monoisotopic (exact) mass is 392 g/mol. The smallest absolute Gasteiger partial charge is 0.325 e. The summed E-state index contributed by atoms with van der Waals surface area (Å²) in [5, 5.41) is 9.07. The maximum absolute atomic E-state index is 13.0. The van der Waals surface area contributed by atoms with Crippen molar-refractivity contribution < 1.29 is 14.4 Å². The van der Waals surface area contributed by atoms with Crippen LogP contribution in [-0.2, 0) is 21.5 Å². The van der Waals surface area contributed by atoms with Crippen LogP contribution in [0.1, 0.15) is 30.9 Å². The number of imide groups is 1. The molecule has 8 heteroatoms. The molecule has 0 radical (unpaired) electrons. The van der Waals surface area contributed by atoms with Crippen molar-refractivity contribution in [2.24, 2.45) is 5.92 Å². The molecule has 146 valence electrons. The molecule has 3 atom stereocenters. The van der Waals surface area contributed by atoms with E-state index in [9.17, 15) is 14.4 Å². The summed E-state index contributed by atoms with van der Waals surface area (Å²) >= 11 is 0. The van der Waals surface area contributed by atoms with E-state index in [1.54, 1.807) is 0 Å². The van der Waals surface area contributed by atoms with E-state index in [1.807, 2.05) is 24.3 Å². The SMILES string of the molecule is CC1CCNCC1NC(=O)CN1C(=O)NC2(CCc3ccccc32)C1=O.Cl. The molecule has 1 spiro atoms. The van der Waals surface area contributed by atoms with Gasteiger partial charge in [0, 0.05) is 12.6 Å². The van der Waals surface area contributed by atoms with Gasteiger partial charge in [-0.15, -0.1) is 12.4 Å². The molecule has 4 amide bonds. The van der Waals surface area contributed by atoms with Crippen molar-refractivity contribution in [1.29, 1.82) is 0 Å². The van der Waals surface area contributed by atoms with Gasteiger partial charge in [-0.3, -0.25) is 14.5 Å². The van der Waals surface area contributed by atoms with E-state index in [0.29, 0.717) is 18.9 Å². The third kappa shape index (κ3) is 3.30. The van der Waals surface area contributed by atoms with Gasteiger partial charge < -0.3 is 16.0 Å². The molecule has 7 nitrogen and oxygen atoms in total. The van der Waals surface area contributed by atoms with E-state index >= 15 is 0 Å². The molecular formula is C19H25ClN4O3. The van der Waals surface area contributed by atoms with Gasteiger partial charge in [-0.2, -0.15) is 0 Å². The number of rotatable bonds is 3. The summed E-state index contributed by atoms with van der Waals surface area (Å²) in [4.78, 5) is 39.0. The maximum atomic E-state index is 13.0. The van der Waals surface area contributed by atoms with E-state index in [4.69, 9.17) is 0 Å². The van der Waals surface area contributed by atoms with Crippen molar-refractivity contribution in [2.75, 3.05) is 19.6 Å². The van der Waals surface area contributed by atoms with E-state index in [0.717, 1.165) is 35.4 Å². The Labute approximate surface area is 164 Å². The first-order valence-corrected chi connectivity index (χ1v) is 9.24. The van der Waals surface area contributed by atoms with Gasteiger partial charge in [-0.05, 0) is 42.9 Å². The number of carbonyl (C=O) groups is 3. The molecule has 1 aliphatic carbocycles. The molecule has 2 aliphatic heterocycles. The van der Waals surface area contributed by atoms with Gasteiger partial charge in [-0.25, -0.2) is 4.79 Å². The van der Waals surface area contributed by atoms with Gasteiger partial charge in [0.05, 0.1) is 0 Å². The molecule has 3 aliphatic rings. The summed E-state index contributed by atoms with van der Waals surface area (Å²) in [5.74, 6) is -0.244. The van der Waals surface area contributed by atoms with Crippen molar-refractivity contribution in [3.8, 4) is 0 Å². The Morgan fingerprint density at radius 3 is 2.89 bits per heavy atom. The zero-order valence-corrected chi connectivity index (χ0v) is 16.1. The summed E-state index contributed by atoms with van der Waals surface area (Å²) in [6.07, 6.45) is 2.28. The fourth-order valence-electron chi connectivity index (χ4n) is 4.31. The van der Waals surface area contributed by atoms with Crippen LogP contribution in [0.3, 0.4) is 0 Å². The van der Waals surface area contributed by atoms with Crippen LogP contribution in [0.4, 0.5) is 4.79 Å². The summed E-state index contributed by atoms with van der Waals surface area (Å²) in [6.45, 7) is 3.52. The molecule has 27 heavy (non-hydrogen) atoms. The number of benzene rings is 1. The Bertz CT molecular complexity index is 771. The van der Waals surface area contributed by atoms with Crippen LogP contribution in [0, 0.1) is 5.92 Å². The van der Waals surface area contributed by atoms with Gasteiger partial charge in [0.25, 0.3) is 5.91 Å². The van der Waals surface area contributed by atoms with E-state index in [2.05, 4.69) is 22.9 Å². The fraction of sp³-hybridized carbons (Fsp3) is 0.526. The zero-order chi connectivity index (χ0) is 18.3. The summed E-state index contributed by atoms with van der Waals surface area (Å²) in [5.41, 5.74) is 0.925. The Morgan fingerprint density at radius 1 is 1.33 bits per heavy atom. The molecule has 0 aromatic heterocycles. The quantitative estimate of drug-likeness (QED) is 0.667. The summed E-state index contributed by atoms with van der Waals surface area (Å²) < 4.78 is 0. The lowest BCUT2D eigenvalue weighted by Gasteiger charge is -2.30. The van der Waals surface area contributed by atoms with Crippen molar-refractivity contribution >= 4 is 30.3 Å². The average molecular weight is 393 g/mol. The first-order valence-electron chi connectivity index (χ1n) is 9.24. The Kier molecular flexibility index (Phi) is 5.44. The minimum atomic E-state index is -1.01. The number of aryl methyl sites for hydroxylation is 1. The summed E-state index contributed by atoms with van der Waals surface area (Å²) in [6, 6.07) is 7.22. The number of hydrogen-bond donors (Lipinski definition) is 3. The second-order valence-electron chi connectivity index (χ2n) is 7.53. The summed E-state index contributed by atoms with van der Waals surface area (Å²) in [7, 11) is 0. The molecule has 2 heterocycles. The van der Waals surface area contributed by atoms with Crippen molar-refractivity contribution in [3.05, 3.63) is 35.4 Å². The molecule has 2 fully saturated rings. The predicted molar refractivity (Wildman–Crippen MR) is 103 cm³/mol. The lowest BCUT2D eigenvalue weighted by atomic mass is 9.92. The van der Waals surface area contributed by atoms with Gasteiger partial charge in [-0.1, -0.05) is 31.2 Å². The number of piperidine rings is 1. The highest BCUT2D eigenvalue weighted by Gasteiger charge is 2.55. The number of nitrogens with zero attached hydrogens (tertiary/aromatic N) is 1. The standard InChI is InChI=1S/C19H24N4O3.ClH/c1-12-7-9-20-10-15(12)21-16(24)11-23-17(25)19(22-18(23)26)8-6-13-4-2-3-5-14(13)19;/h2-5,12,15,20H,6-11H2,1H3,(H,21,24)(H,22,26);1H. The molecule has 4 rings (SSSR count). The molecule has 3 N–H and O–H groups in total. The second-order valence-corrected chi connectivity index (χ2v) is 7.53. The average Bonchev–Trinajstić information content (AvgIpc) is 3.11. The Balaban J connectivity index is 0.00000210. The van der Waals surface area contributed by atoms with E-state index < -0.39 is 11.6 Å². The number of hydrogen-bond acceptors (Lipinski definition) is 4. The number of nitrogens with one attached hydrogen (secondary N) is 3. The number of amides is 4. The highest BCUT2D eigenvalue weighted by atomic mass is 35.5. The molecule has 1 aromatic carbocycles. The third-order valence-corrected chi connectivity index (χ3v) is 5.90. The van der Waals surface area contributed by atoms with E-state index in [-0.39, 0.29) is 36.8 Å². The van der Waals surface area contributed by atoms with Crippen molar-refractivity contribution in [2.45, 2.75) is 37.8 Å². The molecule has 1 aromatic rings. The molecule has 0 saturated carbocycles. The van der Waals surface area contributed by atoms with Crippen LogP contribution >= 0.6 is 12.4 Å². The minimum absolute atomic E-state index is 0. The molecule has 2 saturated heterocycles. The predicted octanol–water partition coefficient (Wildman–Crippen LogP) is 0.916. The lowest BCUT2D eigenvalue weighted by molar-refractivity contribution is -0.135. The topological polar surface area (TPSA) is 90.5 Å². The Morgan fingerprint density at radius 2 is 2.11 bits per heavy atom. The normalized spacial score (nSPS) is 29.3. The van der Waals surface area contributed by atoms with Gasteiger partial charge >= 0.3 is 6.03 Å². The van der Waals surface area contributed by atoms with Crippen LogP contribution in [0.15, 0.2) is 24.3 Å². The minimum Gasteiger partial charge on any atom is -0.350 e. The first-order chi connectivity index (χ1) is 12.5. The highest BCUT2D eigenvalue weighted by Crippen LogP contribution is 2.41. The van der Waals surface area contributed by atoms with Crippen LogP contribution in [0.5, 0.6) is 0 Å². The largest absolute Gasteiger partial charge is 0.350 e.